The van der Waals surface area contributed by atoms with E-state index in [1.165, 1.54) is 6.42 Å². The summed E-state index contributed by atoms with van der Waals surface area (Å²) >= 11 is 0. The molecule has 3 rings (SSSR count). The molecule has 6 heteroatoms. The lowest BCUT2D eigenvalue weighted by molar-refractivity contribution is -0.176. The number of hydrogen-bond acceptors (Lipinski definition) is 6. The summed E-state index contributed by atoms with van der Waals surface area (Å²) in [5.41, 5.74) is 0. The molecule has 0 spiro atoms. The van der Waals surface area contributed by atoms with Crippen LogP contribution < -0.4 is 0 Å². The van der Waals surface area contributed by atoms with E-state index in [1.807, 2.05) is 27.7 Å². The van der Waals surface area contributed by atoms with Gasteiger partial charge in [-0.2, -0.15) is 0 Å². The zero-order valence-electron chi connectivity index (χ0n) is 14.8. The first-order chi connectivity index (χ1) is 10.8. The Morgan fingerprint density at radius 2 is 1.39 bits per heavy atom. The SMILES string of the molecule is CC1(C)OC[C@H]([C@H](O)[C@@H]([C@H]2COC(C)(C)O2)N2CCCCC2)O1. The minimum absolute atomic E-state index is 0.125. The molecule has 0 bridgehead atoms. The van der Waals surface area contributed by atoms with Gasteiger partial charge in [-0.15, -0.1) is 0 Å². The van der Waals surface area contributed by atoms with Crippen molar-refractivity contribution in [3.63, 3.8) is 0 Å². The summed E-state index contributed by atoms with van der Waals surface area (Å²) in [4.78, 5) is 2.35. The maximum atomic E-state index is 11.0. The third-order valence-corrected chi connectivity index (χ3v) is 4.98. The zero-order chi connectivity index (χ0) is 16.7. The quantitative estimate of drug-likeness (QED) is 0.843. The van der Waals surface area contributed by atoms with Gasteiger partial charge in [-0.3, -0.25) is 4.90 Å². The zero-order valence-corrected chi connectivity index (χ0v) is 14.8. The number of likely N-dealkylation sites (tertiary alicyclic amines) is 1. The largest absolute Gasteiger partial charge is 0.389 e. The van der Waals surface area contributed by atoms with Gasteiger partial charge in [0.2, 0.25) is 0 Å². The van der Waals surface area contributed by atoms with Crippen LogP contribution in [0.4, 0.5) is 0 Å². The molecule has 134 valence electrons. The second-order valence-electron chi connectivity index (χ2n) is 7.81. The van der Waals surface area contributed by atoms with Crippen LogP contribution in [0.15, 0.2) is 0 Å². The Morgan fingerprint density at radius 1 is 0.870 bits per heavy atom. The Hall–Kier alpha value is -0.240. The van der Waals surface area contributed by atoms with Crippen LogP contribution in [-0.2, 0) is 18.9 Å². The van der Waals surface area contributed by atoms with Crippen molar-refractivity contribution < 1.29 is 24.1 Å². The maximum Gasteiger partial charge on any atom is 0.163 e. The highest BCUT2D eigenvalue weighted by Gasteiger charge is 2.48. The number of piperidine rings is 1. The fourth-order valence-electron chi connectivity index (χ4n) is 3.87. The Morgan fingerprint density at radius 3 is 1.87 bits per heavy atom. The topological polar surface area (TPSA) is 60.4 Å². The Bertz CT molecular complexity index is 408. The van der Waals surface area contributed by atoms with Gasteiger partial charge < -0.3 is 24.1 Å². The van der Waals surface area contributed by atoms with Crippen LogP contribution in [-0.4, -0.2) is 72.2 Å². The van der Waals surface area contributed by atoms with E-state index in [2.05, 4.69) is 4.90 Å². The minimum Gasteiger partial charge on any atom is -0.389 e. The van der Waals surface area contributed by atoms with E-state index >= 15 is 0 Å². The molecule has 0 radical (unpaired) electrons. The Labute approximate surface area is 139 Å². The molecule has 0 saturated carbocycles. The lowest BCUT2D eigenvalue weighted by atomic mass is 9.96. The second kappa shape index (κ2) is 6.58. The second-order valence-corrected chi connectivity index (χ2v) is 7.81. The van der Waals surface area contributed by atoms with Gasteiger partial charge in [0.1, 0.15) is 18.3 Å². The van der Waals surface area contributed by atoms with E-state index < -0.39 is 17.7 Å². The van der Waals surface area contributed by atoms with Crippen LogP contribution in [0.25, 0.3) is 0 Å². The van der Waals surface area contributed by atoms with Crippen molar-refractivity contribution in [1.29, 1.82) is 0 Å². The van der Waals surface area contributed by atoms with E-state index in [0.717, 1.165) is 25.9 Å². The number of aliphatic hydroxyl groups is 1. The van der Waals surface area contributed by atoms with Crippen molar-refractivity contribution in [1.82, 2.24) is 4.90 Å². The highest BCUT2D eigenvalue weighted by Crippen LogP contribution is 2.33. The molecule has 0 amide bonds. The van der Waals surface area contributed by atoms with E-state index in [4.69, 9.17) is 18.9 Å². The average Bonchev–Trinajstić information content (AvgIpc) is 3.02. The molecule has 3 aliphatic rings. The van der Waals surface area contributed by atoms with E-state index in [0.29, 0.717) is 13.2 Å². The monoisotopic (exact) mass is 329 g/mol. The first kappa shape index (κ1) is 17.6. The van der Waals surface area contributed by atoms with Crippen molar-refractivity contribution in [2.75, 3.05) is 26.3 Å². The number of nitrogens with zero attached hydrogens (tertiary/aromatic N) is 1. The van der Waals surface area contributed by atoms with Crippen LogP contribution in [0.2, 0.25) is 0 Å². The average molecular weight is 329 g/mol. The first-order valence-corrected chi connectivity index (χ1v) is 8.83. The predicted molar refractivity (Wildman–Crippen MR) is 85.0 cm³/mol. The van der Waals surface area contributed by atoms with Crippen molar-refractivity contribution >= 4 is 0 Å². The lowest BCUT2D eigenvalue weighted by Gasteiger charge is -2.41. The van der Waals surface area contributed by atoms with Gasteiger partial charge >= 0.3 is 0 Å². The molecule has 3 aliphatic heterocycles. The smallest absolute Gasteiger partial charge is 0.163 e. The van der Waals surface area contributed by atoms with Crippen molar-refractivity contribution in [2.24, 2.45) is 0 Å². The number of aliphatic hydroxyl groups excluding tert-OH is 1. The summed E-state index contributed by atoms with van der Waals surface area (Å²) in [5.74, 6) is -1.23. The molecule has 3 heterocycles. The molecular formula is C17H31NO5. The Balaban J connectivity index is 1.74. The van der Waals surface area contributed by atoms with E-state index in [1.54, 1.807) is 0 Å². The van der Waals surface area contributed by atoms with Crippen LogP contribution >= 0.6 is 0 Å². The third kappa shape index (κ3) is 4.06. The molecule has 1 N–H and O–H groups in total. The summed E-state index contributed by atoms with van der Waals surface area (Å²) in [7, 11) is 0. The van der Waals surface area contributed by atoms with Crippen molar-refractivity contribution in [3.05, 3.63) is 0 Å². The molecule has 6 nitrogen and oxygen atoms in total. The molecule has 0 unspecified atom stereocenters. The first-order valence-electron chi connectivity index (χ1n) is 8.83. The van der Waals surface area contributed by atoms with Crippen LogP contribution in [0.3, 0.4) is 0 Å². The summed E-state index contributed by atoms with van der Waals surface area (Å²) in [6.07, 6.45) is 2.44. The maximum absolute atomic E-state index is 11.0. The van der Waals surface area contributed by atoms with Crippen molar-refractivity contribution in [2.45, 2.75) is 82.9 Å². The van der Waals surface area contributed by atoms with E-state index in [9.17, 15) is 5.11 Å². The normalized spacial score (nSPS) is 36.9. The minimum atomic E-state index is -0.655. The predicted octanol–water partition coefficient (Wildman–Crippen LogP) is 1.50. The van der Waals surface area contributed by atoms with Gasteiger partial charge in [0.25, 0.3) is 0 Å². The molecular weight excluding hydrogens is 298 g/mol. The van der Waals surface area contributed by atoms with Crippen molar-refractivity contribution in [3.8, 4) is 0 Å². The van der Waals surface area contributed by atoms with E-state index in [-0.39, 0.29) is 18.2 Å². The fourth-order valence-corrected chi connectivity index (χ4v) is 3.87. The van der Waals surface area contributed by atoms with Crippen LogP contribution in [0.1, 0.15) is 47.0 Å². The fraction of sp³-hybridized carbons (Fsp3) is 1.00. The highest BCUT2D eigenvalue weighted by molar-refractivity contribution is 4.95. The summed E-state index contributed by atoms with van der Waals surface area (Å²) in [5, 5.41) is 11.0. The summed E-state index contributed by atoms with van der Waals surface area (Å²) in [6, 6.07) is -0.125. The van der Waals surface area contributed by atoms with Crippen LogP contribution in [0, 0.1) is 0 Å². The molecule has 0 aromatic rings. The lowest BCUT2D eigenvalue weighted by Crippen LogP contribution is -2.57. The molecule has 0 aromatic carbocycles. The van der Waals surface area contributed by atoms with Gasteiger partial charge in [-0.25, -0.2) is 0 Å². The summed E-state index contributed by atoms with van der Waals surface area (Å²) in [6.45, 7) is 10.5. The molecule has 23 heavy (non-hydrogen) atoms. The number of ether oxygens (including phenoxy) is 4. The Kier molecular flexibility index (Phi) is 5.03. The molecule has 0 aliphatic carbocycles. The van der Waals surface area contributed by atoms with Gasteiger partial charge in [-0.05, 0) is 53.6 Å². The number of rotatable bonds is 4. The molecule has 3 saturated heterocycles. The number of hydrogen-bond donors (Lipinski definition) is 1. The van der Waals surface area contributed by atoms with Gasteiger partial charge in [-0.1, -0.05) is 6.42 Å². The van der Waals surface area contributed by atoms with Gasteiger partial charge in [0.05, 0.1) is 19.3 Å². The highest BCUT2D eigenvalue weighted by atomic mass is 16.8. The summed E-state index contributed by atoms with van der Waals surface area (Å²) < 4.78 is 23.4. The molecule has 3 fully saturated rings. The molecule has 0 aromatic heterocycles. The standard InChI is InChI=1S/C17H31NO5/c1-16(2)20-10-12(22-16)14(18-8-6-5-7-9-18)15(19)13-11-21-17(3,4)23-13/h12-15,19H,5-11H2,1-4H3/t12-,13-,14-,15+/m1/s1. The van der Waals surface area contributed by atoms with Gasteiger partial charge in [0.15, 0.2) is 11.6 Å². The molecule has 4 atom stereocenters. The third-order valence-electron chi connectivity index (χ3n) is 4.98. The van der Waals surface area contributed by atoms with Crippen LogP contribution in [0.5, 0.6) is 0 Å². The van der Waals surface area contributed by atoms with Gasteiger partial charge in [0, 0.05) is 0 Å².